The van der Waals surface area contributed by atoms with Crippen LogP contribution in [0.5, 0.6) is 5.75 Å². The molecular formula is C18H25ClN4O3S. The molecule has 4 rings (SSSR count). The molecule has 0 saturated carbocycles. The summed E-state index contributed by atoms with van der Waals surface area (Å²) in [6, 6.07) is 7.69. The minimum atomic E-state index is -3.61. The molecule has 2 aliphatic rings. The lowest BCUT2D eigenvalue weighted by Gasteiger charge is -2.33. The third-order valence-corrected chi connectivity index (χ3v) is 6.78. The molecule has 1 aromatic carbocycles. The van der Waals surface area contributed by atoms with Gasteiger partial charge in [0.25, 0.3) is 10.0 Å². The first-order valence-corrected chi connectivity index (χ1v) is 10.5. The Labute approximate surface area is 166 Å². The van der Waals surface area contributed by atoms with E-state index >= 15 is 0 Å². The summed E-state index contributed by atoms with van der Waals surface area (Å²) in [5.41, 5.74) is 1.12. The minimum Gasteiger partial charge on any atom is -0.497 e. The van der Waals surface area contributed by atoms with Crippen LogP contribution in [-0.4, -0.2) is 44.2 Å². The highest BCUT2D eigenvalue weighted by Gasteiger charge is 2.33. The van der Waals surface area contributed by atoms with E-state index in [-0.39, 0.29) is 29.4 Å². The highest BCUT2D eigenvalue weighted by molar-refractivity contribution is 7.89. The zero-order chi connectivity index (χ0) is 18.1. The molecule has 2 atom stereocenters. The molecule has 2 aliphatic heterocycles. The first-order valence-electron chi connectivity index (χ1n) is 9.00. The molecule has 7 nitrogen and oxygen atoms in total. The smallest absolute Gasteiger partial charge is 0.258 e. The van der Waals surface area contributed by atoms with Crippen LogP contribution in [0.15, 0.2) is 35.5 Å². The summed E-state index contributed by atoms with van der Waals surface area (Å²) in [4.78, 5) is 4.27. The molecule has 9 heteroatoms. The number of nitrogens with one attached hydrogen (secondary N) is 2. The molecule has 2 aromatic rings. The maximum atomic E-state index is 13.0. The van der Waals surface area contributed by atoms with Crippen molar-refractivity contribution in [3.8, 4) is 5.75 Å². The fraction of sp³-hybridized carbons (Fsp3) is 0.500. The monoisotopic (exact) mass is 412 g/mol. The van der Waals surface area contributed by atoms with E-state index in [9.17, 15) is 8.42 Å². The number of halogens is 1. The topological polar surface area (TPSA) is 85.2 Å². The van der Waals surface area contributed by atoms with Gasteiger partial charge in [-0.1, -0.05) is 12.1 Å². The van der Waals surface area contributed by atoms with Gasteiger partial charge in [-0.25, -0.2) is 18.1 Å². The van der Waals surface area contributed by atoms with Crippen molar-refractivity contribution in [1.82, 2.24) is 19.6 Å². The Morgan fingerprint density at radius 2 is 2.07 bits per heavy atom. The average molecular weight is 413 g/mol. The van der Waals surface area contributed by atoms with Crippen LogP contribution in [0.2, 0.25) is 0 Å². The summed E-state index contributed by atoms with van der Waals surface area (Å²) in [7, 11) is -1.97. The Morgan fingerprint density at radius 3 is 2.81 bits per heavy atom. The van der Waals surface area contributed by atoms with Crippen LogP contribution in [0.3, 0.4) is 0 Å². The van der Waals surface area contributed by atoms with Gasteiger partial charge < -0.3 is 14.6 Å². The molecule has 2 unspecified atom stereocenters. The van der Waals surface area contributed by atoms with Crippen molar-refractivity contribution >= 4 is 22.4 Å². The van der Waals surface area contributed by atoms with Crippen LogP contribution in [0.25, 0.3) is 0 Å². The molecule has 1 fully saturated rings. The predicted molar refractivity (Wildman–Crippen MR) is 105 cm³/mol. The van der Waals surface area contributed by atoms with E-state index in [1.807, 2.05) is 28.8 Å². The summed E-state index contributed by atoms with van der Waals surface area (Å²) < 4.78 is 35.9. The first-order chi connectivity index (χ1) is 12.6. The van der Waals surface area contributed by atoms with Gasteiger partial charge in [-0.05, 0) is 37.1 Å². The summed E-state index contributed by atoms with van der Waals surface area (Å²) in [5.74, 6) is 1.78. The van der Waals surface area contributed by atoms with Crippen molar-refractivity contribution in [3.05, 3.63) is 41.9 Å². The Kier molecular flexibility index (Phi) is 6.10. The first kappa shape index (κ1) is 20.1. The number of fused-ring (bicyclic) bond motifs is 1. The number of hydrogen-bond donors (Lipinski definition) is 2. The van der Waals surface area contributed by atoms with E-state index in [2.05, 4.69) is 15.0 Å². The van der Waals surface area contributed by atoms with Gasteiger partial charge in [0, 0.05) is 31.5 Å². The number of nitrogens with zero attached hydrogens (tertiary/aromatic N) is 2. The van der Waals surface area contributed by atoms with Gasteiger partial charge in [-0.15, -0.1) is 12.4 Å². The van der Waals surface area contributed by atoms with Crippen molar-refractivity contribution in [2.24, 2.45) is 0 Å². The number of aryl methyl sites for hydroxylation is 1. The van der Waals surface area contributed by atoms with Gasteiger partial charge >= 0.3 is 0 Å². The lowest BCUT2D eigenvalue weighted by atomic mass is 9.86. The van der Waals surface area contributed by atoms with Crippen molar-refractivity contribution in [2.75, 3.05) is 20.2 Å². The number of aromatic nitrogens is 2. The Morgan fingerprint density at radius 1 is 1.30 bits per heavy atom. The molecule has 0 radical (unpaired) electrons. The van der Waals surface area contributed by atoms with Gasteiger partial charge in [0.2, 0.25) is 0 Å². The summed E-state index contributed by atoms with van der Waals surface area (Å²) in [5, 5.41) is 3.58. The van der Waals surface area contributed by atoms with Gasteiger partial charge in [0.15, 0.2) is 5.03 Å². The molecule has 2 N–H and O–H groups in total. The fourth-order valence-corrected chi connectivity index (χ4v) is 5.38. The molecule has 0 spiro atoms. The van der Waals surface area contributed by atoms with E-state index in [1.54, 1.807) is 7.11 Å². The Balaban J connectivity index is 0.00000210. The second-order valence-electron chi connectivity index (χ2n) is 6.87. The van der Waals surface area contributed by atoms with E-state index in [0.29, 0.717) is 6.54 Å². The van der Waals surface area contributed by atoms with Gasteiger partial charge in [0.05, 0.1) is 13.3 Å². The number of piperidine rings is 1. The number of ether oxygens (including phenoxy) is 1. The van der Waals surface area contributed by atoms with Gasteiger partial charge in [-0.3, -0.25) is 0 Å². The highest BCUT2D eigenvalue weighted by atomic mass is 35.5. The minimum absolute atomic E-state index is 0. The quantitative estimate of drug-likeness (QED) is 0.780. The van der Waals surface area contributed by atoms with E-state index in [4.69, 9.17) is 4.74 Å². The van der Waals surface area contributed by atoms with Crippen LogP contribution in [0, 0.1) is 0 Å². The maximum absolute atomic E-state index is 13.0. The third kappa shape index (κ3) is 3.99. The molecule has 3 heterocycles. The predicted octanol–water partition coefficient (Wildman–Crippen LogP) is 1.68. The number of imidazole rings is 1. The zero-order valence-electron chi connectivity index (χ0n) is 15.2. The highest BCUT2D eigenvalue weighted by Crippen LogP contribution is 2.29. The molecule has 1 aromatic heterocycles. The van der Waals surface area contributed by atoms with Crippen molar-refractivity contribution < 1.29 is 13.2 Å². The van der Waals surface area contributed by atoms with Crippen LogP contribution in [0.1, 0.15) is 30.1 Å². The average Bonchev–Trinajstić information content (AvgIpc) is 3.25. The number of methoxy groups -OCH3 is 1. The van der Waals surface area contributed by atoms with E-state index < -0.39 is 10.0 Å². The number of hydrogen-bond acceptors (Lipinski definition) is 5. The number of benzene rings is 1. The fourth-order valence-electron chi connectivity index (χ4n) is 3.94. The van der Waals surface area contributed by atoms with E-state index in [0.717, 1.165) is 49.5 Å². The Bertz CT molecular complexity index is 883. The van der Waals surface area contributed by atoms with E-state index in [1.165, 1.54) is 6.20 Å². The number of sulfonamides is 1. The maximum Gasteiger partial charge on any atom is 0.258 e. The molecule has 0 bridgehead atoms. The lowest BCUT2D eigenvalue weighted by molar-refractivity contribution is 0.376. The van der Waals surface area contributed by atoms with Crippen LogP contribution < -0.4 is 14.8 Å². The second-order valence-corrected chi connectivity index (χ2v) is 8.53. The van der Waals surface area contributed by atoms with Crippen molar-refractivity contribution in [2.45, 2.75) is 42.8 Å². The molecular weight excluding hydrogens is 388 g/mol. The zero-order valence-corrected chi connectivity index (χ0v) is 16.9. The molecule has 0 amide bonds. The normalized spacial score (nSPS) is 22.1. The van der Waals surface area contributed by atoms with Crippen LogP contribution in [-0.2, 0) is 23.0 Å². The molecule has 1 saturated heterocycles. The summed E-state index contributed by atoms with van der Waals surface area (Å²) in [6.07, 6.45) is 4.15. The van der Waals surface area contributed by atoms with Crippen molar-refractivity contribution in [3.63, 3.8) is 0 Å². The van der Waals surface area contributed by atoms with Crippen LogP contribution in [0.4, 0.5) is 0 Å². The Hall–Kier alpha value is -1.61. The SMILES string of the molecule is COc1ccc(C2CCNCC2NS(=O)(=O)c2cnc3n2CCC3)cc1.Cl. The summed E-state index contributed by atoms with van der Waals surface area (Å²) in [6.45, 7) is 2.20. The molecule has 0 aliphatic carbocycles. The number of rotatable bonds is 5. The lowest BCUT2D eigenvalue weighted by Crippen LogP contribution is -2.50. The third-order valence-electron chi connectivity index (χ3n) is 5.29. The summed E-state index contributed by atoms with van der Waals surface area (Å²) >= 11 is 0. The van der Waals surface area contributed by atoms with Gasteiger partial charge in [-0.2, -0.15) is 0 Å². The van der Waals surface area contributed by atoms with Crippen molar-refractivity contribution in [1.29, 1.82) is 0 Å². The molecule has 148 valence electrons. The standard InChI is InChI=1S/C18H24N4O3S.ClH/c1-25-14-6-4-13(5-7-14)15-8-9-19-11-16(15)21-26(23,24)18-12-20-17-3-2-10-22(17)18;/h4-7,12,15-16,19,21H,2-3,8-11H2,1H3;1H. The largest absolute Gasteiger partial charge is 0.497 e. The molecule has 27 heavy (non-hydrogen) atoms. The second kappa shape index (κ2) is 8.18. The van der Waals surface area contributed by atoms with Gasteiger partial charge in [0.1, 0.15) is 11.6 Å². The van der Waals surface area contributed by atoms with Crippen LogP contribution >= 0.6 is 12.4 Å².